The minimum atomic E-state index is -0.654. The Morgan fingerprint density at radius 2 is 2.03 bits per heavy atom. The quantitative estimate of drug-likeness (QED) is 0.347. The molecule has 0 aliphatic heterocycles. The molecule has 10 heteroatoms. The maximum absolute atomic E-state index is 12.0. The number of carbonyl (C=O) groups excluding carboxylic acids is 2. The Hall–Kier alpha value is -3.95. The highest BCUT2D eigenvalue weighted by atomic mass is 16.6. The number of aryl methyl sites for hydroxylation is 1. The van der Waals surface area contributed by atoms with Crippen molar-refractivity contribution in [1.29, 1.82) is 0 Å². The molecule has 0 aliphatic carbocycles. The second-order valence-electron chi connectivity index (χ2n) is 5.93. The predicted octanol–water partition coefficient (Wildman–Crippen LogP) is 2.86. The van der Waals surface area contributed by atoms with Crippen molar-refractivity contribution in [3.05, 3.63) is 58.5 Å². The third kappa shape index (κ3) is 5.06. The van der Waals surface area contributed by atoms with Crippen molar-refractivity contribution in [2.45, 2.75) is 12.8 Å². The van der Waals surface area contributed by atoms with Crippen LogP contribution < -0.4 is 10.1 Å². The summed E-state index contributed by atoms with van der Waals surface area (Å²) in [5.41, 5.74) is 1.22. The van der Waals surface area contributed by atoms with E-state index in [9.17, 15) is 19.7 Å². The number of esters is 1. The molecule has 10 nitrogen and oxygen atoms in total. The summed E-state index contributed by atoms with van der Waals surface area (Å²) < 4.78 is 15.5. The average Bonchev–Trinajstić information content (AvgIpc) is 3.13. The Balaban J connectivity index is 1.50. The van der Waals surface area contributed by atoms with Gasteiger partial charge in [-0.15, -0.1) is 0 Å². The molecule has 150 valence electrons. The van der Waals surface area contributed by atoms with Crippen molar-refractivity contribution in [3.8, 4) is 5.75 Å². The predicted molar refractivity (Wildman–Crippen MR) is 102 cm³/mol. The molecule has 0 bridgehead atoms. The zero-order valence-corrected chi connectivity index (χ0v) is 15.4. The first-order chi connectivity index (χ1) is 14.0. The van der Waals surface area contributed by atoms with Crippen LogP contribution in [0.1, 0.15) is 12.3 Å². The van der Waals surface area contributed by atoms with Crippen LogP contribution in [0.3, 0.4) is 0 Å². The van der Waals surface area contributed by atoms with Gasteiger partial charge < -0.3 is 19.2 Å². The third-order valence-electron chi connectivity index (χ3n) is 3.91. The number of benzene rings is 2. The van der Waals surface area contributed by atoms with E-state index in [-0.39, 0.29) is 30.0 Å². The summed E-state index contributed by atoms with van der Waals surface area (Å²) in [5.74, 6) is -0.618. The molecule has 2 aromatic carbocycles. The molecule has 1 N–H and O–H groups in total. The second-order valence-corrected chi connectivity index (χ2v) is 5.93. The number of carbonyl (C=O) groups is 2. The number of hydrogen-bond acceptors (Lipinski definition) is 8. The number of nitro benzene ring substituents is 1. The highest BCUT2D eigenvalue weighted by molar-refractivity contribution is 5.94. The number of ether oxygens (including phenoxy) is 2. The molecule has 1 amide bonds. The monoisotopic (exact) mass is 399 g/mol. The number of nitrogens with zero attached hydrogens (tertiary/aromatic N) is 2. The molecule has 1 aromatic heterocycles. The van der Waals surface area contributed by atoms with Gasteiger partial charge in [-0.1, -0.05) is 12.1 Å². The highest BCUT2D eigenvalue weighted by Crippen LogP contribution is 2.28. The zero-order valence-electron chi connectivity index (χ0n) is 15.4. The van der Waals surface area contributed by atoms with Crippen molar-refractivity contribution in [1.82, 2.24) is 4.98 Å². The largest absolute Gasteiger partial charge is 0.495 e. The molecule has 0 aliphatic rings. The van der Waals surface area contributed by atoms with Gasteiger partial charge in [0.25, 0.3) is 11.6 Å². The molecular formula is C19H17N3O7. The highest BCUT2D eigenvalue weighted by Gasteiger charge is 2.15. The number of para-hydroxylation sites is 2. The molecule has 0 atom stereocenters. The molecule has 0 spiro atoms. The van der Waals surface area contributed by atoms with Crippen molar-refractivity contribution >= 4 is 34.4 Å². The molecule has 3 aromatic rings. The van der Waals surface area contributed by atoms with Gasteiger partial charge in [-0.3, -0.25) is 19.7 Å². The number of hydrogen-bond donors (Lipinski definition) is 1. The molecule has 0 radical (unpaired) electrons. The number of oxazole rings is 1. The molecule has 0 saturated heterocycles. The zero-order chi connectivity index (χ0) is 20.8. The summed E-state index contributed by atoms with van der Waals surface area (Å²) in [4.78, 5) is 38.4. The second kappa shape index (κ2) is 8.83. The van der Waals surface area contributed by atoms with Gasteiger partial charge in [0.2, 0.25) is 0 Å². The average molecular weight is 399 g/mol. The van der Waals surface area contributed by atoms with E-state index in [0.29, 0.717) is 17.0 Å². The maximum atomic E-state index is 12.0. The van der Waals surface area contributed by atoms with Gasteiger partial charge in [-0.25, -0.2) is 4.98 Å². The minimum Gasteiger partial charge on any atom is -0.495 e. The van der Waals surface area contributed by atoms with E-state index in [4.69, 9.17) is 13.9 Å². The van der Waals surface area contributed by atoms with Crippen LogP contribution in [0.5, 0.6) is 5.75 Å². The van der Waals surface area contributed by atoms with Crippen LogP contribution in [-0.4, -0.2) is 35.5 Å². The standard InChI is InChI=1S/C19H17N3O7/c1-27-15-7-6-12(22(25)26)10-14(15)20-17(23)11-28-19(24)9-8-18-21-13-4-2-3-5-16(13)29-18/h2-7,10H,8-9,11H2,1H3,(H,20,23). The molecule has 0 saturated carbocycles. The fraction of sp³-hybridized carbons (Fsp3) is 0.211. The van der Waals surface area contributed by atoms with E-state index in [1.165, 1.54) is 19.2 Å². The summed E-state index contributed by atoms with van der Waals surface area (Å²) >= 11 is 0. The van der Waals surface area contributed by atoms with Crippen molar-refractivity contribution in [3.63, 3.8) is 0 Å². The Morgan fingerprint density at radius 1 is 1.24 bits per heavy atom. The maximum Gasteiger partial charge on any atom is 0.306 e. The summed E-state index contributed by atoms with van der Waals surface area (Å²) in [6, 6.07) is 11.0. The van der Waals surface area contributed by atoms with Crippen LogP contribution in [0.2, 0.25) is 0 Å². The van der Waals surface area contributed by atoms with Crippen LogP contribution in [0, 0.1) is 10.1 Å². The molecule has 0 fully saturated rings. The van der Waals surface area contributed by atoms with E-state index >= 15 is 0 Å². The number of non-ortho nitro benzene ring substituents is 1. The normalized spacial score (nSPS) is 10.5. The number of amides is 1. The van der Waals surface area contributed by atoms with Crippen molar-refractivity contribution in [2.75, 3.05) is 19.0 Å². The first-order valence-electron chi connectivity index (χ1n) is 8.58. The Morgan fingerprint density at radius 3 is 2.76 bits per heavy atom. The van der Waals surface area contributed by atoms with Crippen LogP contribution in [-0.2, 0) is 20.7 Å². The van der Waals surface area contributed by atoms with Gasteiger partial charge in [0.15, 0.2) is 18.1 Å². The number of anilines is 1. The fourth-order valence-corrected chi connectivity index (χ4v) is 2.55. The lowest BCUT2D eigenvalue weighted by atomic mass is 10.2. The SMILES string of the molecule is COc1ccc([N+](=O)[O-])cc1NC(=O)COC(=O)CCc1nc2ccccc2o1. The third-order valence-corrected chi connectivity index (χ3v) is 3.91. The number of nitrogens with one attached hydrogen (secondary N) is 1. The number of nitro groups is 1. The summed E-state index contributed by atoms with van der Waals surface area (Å²) in [6.07, 6.45) is 0.216. The first-order valence-corrected chi connectivity index (χ1v) is 8.58. The number of aromatic nitrogens is 1. The number of rotatable bonds is 8. The van der Waals surface area contributed by atoms with E-state index in [1.54, 1.807) is 12.1 Å². The van der Waals surface area contributed by atoms with E-state index in [1.807, 2.05) is 12.1 Å². The Labute approximate surface area is 164 Å². The molecule has 0 unspecified atom stereocenters. The molecule has 1 heterocycles. The molecule has 3 rings (SSSR count). The Kier molecular flexibility index (Phi) is 6.03. The van der Waals surface area contributed by atoms with Crippen LogP contribution >= 0.6 is 0 Å². The topological polar surface area (TPSA) is 134 Å². The van der Waals surface area contributed by atoms with Crippen molar-refractivity contribution < 1.29 is 28.4 Å². The summed E-state index contributed by atoms with van der Waals surface area (Å²) in [7, 11) is 1.36. The summed E-state index contributed by atoms with van der Waals surface area (Å²) in [6.45, 7) is -0.543. The van der Waals surface area contributed by atoms with Crippen molar-refractivity contribution in [2.24, 2.45) is 0 Å². The van der Waals surface area contributed by atoms with Gasteiger partial charge in [-0.2, -0.15) is 0 Å². The fourth-order valence-electron chi connectivity index (χ4n) is 2.55. The molecule has 29 heavy (non-hydrogen) atoms. The van der Waals surface area contributed by atoms with Crippen LogP contribution in [0.4, 0.5) is 11.4 Å². The van der Waals surface area contributed by atoms with Gasteiger partial charge in [0.05, 0.1) is 24.1 Å². The first kappa shape index (κ1) is 19.8. The van der Waals surface area contributed by atoms with Gasteiger partial charge >= 0.3 is 5.97 Å². The number of fused-ring (bicyclic) bond motifs is 1. The Bertz CT molecular complexity index is 1030. The minimum absolute atomic E-state index is 0.0137. The van der Waals surface area contributed by atoms with Gasteiger partial charge in [0.1, 0.15) is 11.3 Å². The van der Waals surface area contributed by atoms with E-state index in [2.05, 4.69) is 10.3 Å². The van der Waals surface area contributed by atoms with E-state index < -0.39 is 23.4 Å². The lowest BCUT2D eigenvalue weighted by molar-refractivity contribution is -0.384. The molecular weight excluding hydrogens is 382 g/mol. The number of methoxy groups -OCH3 is 1. The smallest absolute Gasteiger partial charge is 0.306 e. The lowest BCUT2D eigenvalue weighted by Gasteiger charge is -2.10. The van der Waals surface area contributed by atoms with Gasteiger partial charge in [0, 0.05) is 18.6 Å². The van der Waals surface area contributed by atoms with Gasteiger partial charge in [-0.05, 0) is 18.2 Å². The van der Waals surface area contributed by atoms with E-state index in [0.717, 1.165) is 6.07 Å². The summed E-state index contributed by atoms with van der Waals surface area (Å²) in [5, 5.41) is 13.3. The lowest BCUT2D eigenvalue weighted by Crippen LogP contribution is -2.21. The van der Waals surface area contributed by atoms with Crippen LogP contribution in [0.15, 0.2) is 46.9 Å². The van der Waals surface area contributed by atoms with Crippen LogP contribution in [0.25, 0.3) is 11.1 Å².